The van der Waals surface area contributed by atoms with Crippen LogP contribution in [0, 0.1) is 5.92 Å². The van der Waals surface area contributed by atoms with Gasteiger partial charge in [-0.2, -0.15) is 0 Å². The van der Waals surface area contributed by atoms with Gasteiger partial charge in [-0.15, -0.1) is 0 Å². The Balaban J connectivity index is 1.69. The van der Waals surface area contributed by atoms with E-state index in [0.717, 1.165) is 12.1 Å². The third-order valence-corrected chi connectivity index (χ3v) is 4.51. The predicted octanol–water partition coefficient (Wildman–Crippen LogP) is 2.18. The maximum absolute atomic E-state index is 11.9. The van der Waals surface area contributed by atoms with Crippen molar-refractivity contribution in [3.63, 3.8) is 0 Å². The molecular formula is C17H26N4O2S. The van der Waals surface area contributed by atoms with E-state index in [1.165, 1.54) is 19.3 Å². The highest BCUT2D eigenvalue weighted by Gasteiger charge is 2.21. The molecule has 1 aliphatic carbocycles. The molecule has 1 saturated carbocycles. The topological polar surface area (TPSA) is 74.4 Å². The minimum absolute atomic E-state index is 0.121. The lowest BCUT2D eigenvalue weighted by atomic mass is 9.86. The van der Waals surface area contributed by atoms with Crippen molar-refractivity contribution >= 4 is 28.9 Å². The molecule has 0 unspecified atom stereocenters. The van der Waals surface area contributed by atoms with E-state index in [-0.39, 0.29) is 12.5 Å². The summed E-state index contributed by atoms with van der Waals surface area (Å²) in [5.41, 5.74) is 6.13. The number of hydrazine groups is 1. The average Bonchev–Trinajstić information content (AvgIpc) is 2.60. The van der Waals surface area contributed by atoms with Crippen LogP contribution in [0.5, 0.6) is 5.75 Å². The number of carbonyl (C=O) groups excluding carboxylic acids is 1. The third-order valence-electron chi connectivity index (χ3n) is 4.29. The second-order valence-electron chi connectivity index (χ2n) is 6.07. The van der Waals surface area contributed by atoms with Crippen LogP contribution in [0.1, 0.15) is 32.6 Å². The first kappa shape index (κ1) is 18.3. The zero-order chi connectivity index (χ0) is 17.4. The maximum atomic E-state index is 11.9. The Morgan fingerprint density at radius 3 is 2.75 bits per heavy atom. The first-order valence-corrected chi connectivity index (χ1v) is 8.73. The lowest BCUT2D eigenvalue weighted by Crippen LogP contribution is -2.52. The minimum Gasteiger partial charge on any atom is -0.495 e. The maximum Gasteiger partial charge on any atom is 0.257 e. The zero-order valence-corrected chi connectivity index (χ0v) is 15.0. The first-order valence-electron chi connectivity index (χ1n) is 8.32. The summed E-state index contributed by atoms with van der Waals surface area (Å²) in [4.78, 5) is 11.9. The van der Waals surface area contributed by atoms with Gasteiger partial charge in [0.1, 0.15) is 5.75 Å². The molecule has 0 bridgehead atoms. The number of nitrogens with one attached hydrogen (secondary N) is 4. The molecule has 4 N–H and O–H groups in total. The molecule has 1 aliphatic rings. The molecule has 0 spiro atoms. The number of amides is 1. The molecule has 0 heterocycles. The van der Waals surface area contributed by atoms with Crippen LogP contribution in [-0.2, 0) is 4.79 Å². The Bertz CT molecular complexity index is 567. The normalized spacial score (nSPS) is 19.9. The summed E-state index contributed by atoms with van der Waals surface area (Å²) in [6.07, 6.45) is 4.84. The molecule has 0 aliphatic heterocycles. The summed E-state index contributed by atoms with van der Waals surface area (Å²) in [5.74, 6) is 1.09. The summed E-state index contributed by atoms with van der Waals surface area (Å²) in [6, 6.07) is 7.83. The summed E-state index contributed by atoms with van der Waals surface area (Å²) >= 11 is 5.25. The molecule has 2 atom stereocenters. The van der Waals surface area contributed by atoms with Crippen molar-refractivity contribution in [3.05, 3.63) is 24.3 Å². The van der Waals surface area contributed by atoms with Crippen molar-refractivity contribution in [1.29, 1.82) is 0 Å². The number of thiocarbonyl (C=S) groups is 1. The Kier molecular flexibility index (Phi) is 7.11. The molecule has 0 saturated heterocycles. The molecule has 1 amide bonds. The van der Waals surface area contributed by atoms with Crippen LogP contribution < -0.4 is 26.2 Å². The van der Waals surface area contributed by atoms with Gasteiger partial charge in [-0.3, -0.25) is 15.6 Å². The fraction of sp³-hybridized carbons (Fsp3) is 0.529. The van der Waals surface area contributed by atoms with Crippen molar-refractivity contribution in [3.8, 4) is 5.75 Å². The van der Waals surface area contributed by atoms with Crippen LogP contribution in [-0.4, -0.2) is 30.7 Å². The summed E-state index contributed by atoms with van der Waals surface area (Å²) in [6.45, 7) is 2.35. The van der Waals surface area contributed by atoms with Gasteiger partial charge in [0.15, 0.2) is 5.11 Å². The highest BCUT2D eigenvalue weighted by Crippen LogP contribution is 2.23. The molecule has 7 heteroatoms. The molecule has 1 fully saturated rings. The number of carbonyl (C=O) groups is 1. The van der Waals surface area contributed by atoms with Crippen molar-refractivity contribution in [2.45, 2.75) is 38.6 Å². The second-order valence-corrected chi connectivity index (χ2v) is 6.48. The quantitative estimate of drug-likeness (QED) is 0.482. The number of para-hydroxylation sites is 2. The van der Waals surface area contributed by atoms with Gasteiger partial charge in [-0.25, -0.2) is 0 Å². The molecule has 6 nitrogen and oxygen atoms in total. The first-order chi connectivity index (χ1) is 11.6. The van der Waals surface area contributed by atoms with Crippen LogP contribution >= 0.6 is 12.2 Å². The fourth-order valence-corrected chi connectivity index (χ4v) is 3.07. The lowest BCUT2D eigenvalue weighted by molar-refractivity contribution is -0.119. The Hall–Kier alpha value is -2.02. The van der Waals surface area contributed by atoms with Crippen LogP contribution in [0.2, 0.25) is 0 Å². The van der Waals surface area contributed by atoms with Crippen molar-refractivity contribution < 1.29 is 9.53 Å². The van der Waals surface area contributed by atoms with Crippen LogP contribution in [0.25, 0.3) is 0 Å². The number of hydrogen-bond acceptors (Lipinski definition) is 4. The molecule has 1 aromatic carbocycles. The van der Waals surface area contributed by atoms with E-state index < -0.39 is 0 Å². The molecule has 24 heavy (non-hydrogen) atoms. The SMILES string of the molecule is COc1ccccc1NCC(=O)NNC(=S)N[C@@H]1CCCC[C@@H]1C. The highest BCUT2D eigenvalue weighted by atomic mass is 32.1. The summed E-state index contributed by atoms with van der Waals surface area (Å²) in [7, 11) is 1.60. The molecule has 0 aromatic heterocycles. The van der Waals surface area contributed by atoms with Gasteiger partial charge in [-0.05, 0) is 43.1 Å². The van der Waals surface area contributed by atoms with E-state index in [1.54, 1.807) is 7.11 Å². The number of anilines is 1. The third kappa shape index (κ3) is 5.56. The van der Waals surface area contributed by atoms with Crippen molar-refractivity contribution in [1.82, 2.24) is 16.2 Å². The number of rotatable bonds is 5. The molecule has 132 valence electrons. The Labute approximate surface area is 148 Å². The highest BCUT2D eigenvalue weighted by molar-refractivity contribution is 7.80. The van der Waals surface area contributed by atoms with E-state index in [4.69, 9.17) is 17.0 Å². The summed E-state index contributed by atoms with van der Waals surface area (Å²) in [5, 5.41) is 6.77. The molecule has 1 aromatic rings. The average molecular weight is 350 g/mol. The van der Waals surface area contributed by atoms with E-state index in [2.05, 4.69) is 28.4 Å². The lowest BCUT2D eigenvalue weighted by Gasteiger charge is -2.30. The number of methoxy groups -OCH3 is 1. The molecular weight excluding hydrogens is 324 g/mol. The standard InChI is InChI=1S/C17H26N4O2S/c1-12-7-3-4-8-13(12)19-17(24)21-20-16(22)11-18-14-9-5-6-10-15(14)23-2/h5-6,9-10,12-13,18H,3-4,7-8,11H2,1-2H3,(H,20,22)(H2,19,21,24)/t12-,13+/m0/s1. The van der Waals surface area contributed by atoms with Crippen LogP contribution in [0.15, 0.2) is 24.3 Å². The minimum atomic E-state index is -0.207. The van der Waals surface area contributed by atoms with E-state index in [0.29, 0.717) is 22.8 Å². The fourth-order valence-electron chi connectivity index (χ4n) is 2.87. The summed E-state index contributed by atoms with van der Waals surface area (Å²) < 4.78 is 5.23. The van der Waals surface area contributed by atoms with Gasteiger partial charge in [-0.1, -0.05) is 31.9 Å². The Morgan fingerprint density at radius 1 is 1.25 bits per heavy atom. The van der Waals surface area contributed by atoms with Gasteiger partial charge in [0.05, 0.1) is 19.3 Å². The number of hydrogen-bond donors (Lipinski definition) is 4. The van der Waals surface area contributed by atoms with Gasteiger partial charge in [0.2, 0.25) is 0 Å². The monoisotopic (exact) mass is 350 g/mol. The van der Waals surface area contributed by atoms with E-state index in [9.17, 15) is 4.79 Å². The van der Waals surface area contributed by atoms with E-state index >= 15 is 0 Å². The Morgan fingerprint density at radius 2 is 2.00 bits per heavy atom. The van der Waals surface area contributed by atoms with E-state index in [1.807, 2.05) is 24.3 Å². The van der Waals surface area contributed by atoms with Gasteiger partial charge in [0.25, 0.3) is 5.91 Å². The van der Waals surface area contributed by atoms with Crippen LogP contribution in [0.3, 0.4) is 0 Å². The smallest absolute Gasteiger partial charge is 0.257 e. The van der Waals surface area contributed by atoms with Gasteiger partial charge >= 0.3 is 0 Å². The van der Waals surface area contributed by atoms with Crippen molar-refractivity contribution in [2.24, 2.45) is 5.92 Å². The second kappa shape index (κ2) is 9.32. The molecule has 2 rings (SSSR count). The van der Waals surface area contributed by atoms with Crippen LogP contribution in [0.4, 0.5) is 5.69 Å². The number of ether oxygens (including phenoxy) is 1. The van der Waals surface area contributed by atoms with Crippen molar-refractivity contribution in [2.75, 3.05) is 19.0 Å². The van der Waals surface area contributed by atoms with Gasteiger partial charge in [0, 0.05) is 6.04 Å². The number of benzene rings is 1. The van der Waals surface area contributed by atoms with Gasteiger partial charge < -0.3 is 15.4 Å². The predicted molar refractivity (Wildman–Crippen MR) is 99.9 cm³/mol. The molecule has 0 radical (unpaired) electrons. The zero-order valence-electron chi connectivity index (χ0n) is 14.2. The largest absolute Gasteiger partial charge is 0.495 e.